The fourth-order valence-electron chi connectivity index (χ4n) is 2.45. The number of nitrogens with zero attached hydrogens (tertiary/aromatic N) is 2. The number of carbonyl (C=O) groups excluding carboxylic acids is 1. The SMILES string of the molecule is CCN(C(=O)CC(C)N(CC)CC)c1ccccc1. The van der Waals surface area contributed by atoms with E-state index in [4.69, 9.17) is 0 Å². The van der Waals surface area contributed by atoms with Gasteiger partial charge in [0.15, 0.2) is 0 Å². The minimum atomic E-state index is 0.202. The van der Waals surface area contributed by atoms with E-state index in [0.717, 1.165) is 18.8 Å². The van der Waals surface area contributed by atoms with Gasteiger partial charge < -0.3 is 9.80 Å². The molecule has 0 fully saturated rings. The molecular formula is C16H26N2O. The van der Waals surface area contributed by atoms with Gasteiger partial charge in [0.2, 0.25) is 5.91 Å². The topological polar surface area (TPSA) is 23.6 Å². The summed E-state index contributed by atoms with van der Waals surface area (Å²) >= 11 is 0. The molecule has 0 saturated carbocycles. The molecule has 1 unspecified atom stereocenters. The van der Waals surface area contributed by atoms with Crippen LogP contribution < -0.4 is 4.90 Å². The normalized spacial score (nSPS) is 12.5. The van der Waals surface area contributed by atoms with Crippen molar-refractivity contribution >= 4 is 11.6 Å². The van der Waals surface area contributed by atoms with E-state index in [1.54, 1.807) is 0 Å². The zero-order valence-corrected chi connectivity index (χ0v) is 12.6. The first-order chi connectivity index (χ1) is 9.13. The third kappa shape index (κ3) is 4.35. The number of carbonyl (C=O) groups is 1. The minimum absolute atomic E-state index is 0.202. The van der Waals surface area contributed by atoms with Crippen molar-refractivity contribution in [1.82, 2.24) is 4.90 Å². The molecule has 0 saturated heterocycles. The predicted octanol–water partition coefficient (Wildman–Crippen LogP) is 3.16. The van der Waals surface area contributed by atoms with Crippen molar-refractivity contribution in [3.05, 3.63) is 30.3 Å². The molecular weight excluding hydrogens is 236 g/mol. The van der Waals surface area contributed by atoms with Crippen molar-refractivity contribution in [1.29, 1.82) is 0 Å². The highest BCUT2D eigenvalue weighted by Crippen LogP contribution is 2.15. The Morgan fingerprint density at radius 2 is 1.63 bits per heavy atom. The van der Waals surface area contributed by atoms with Crippen molar-refractivity contribution < 1.29 is 4.79 Å². The molecule has 19 heavy (non-hydrogen) atoms. The van der Waals surface area contributed by atoms with E-state index in [-0.39, 0.29) is 5.91 Å². The smallest absolute Gasteiger partial charge is 0.228 e. The van der Waals surface area contributed by atoms with Crippen LogP contribution in [0.4, 0.5) is 5.69 Å². The van der Waals surface area contributed by atoms with Gasteiger partial charge in [0, 0.05) is 24.7 Å². The second-order valence-electron chi connectivity index (χ2n) is 4.75. The monoisotopic (exact) mass is 262 g/mol. The molecule has 0 aromatic heterocycles. The van der Waals surface area contributed by atoms with Gasteiger partial charge in [-0.2, -0.15) is 0 Å². The Morgan fingerprint density at radius 3 is 2.11 bits per heavy atom. The Kier molecular flexibility index (Phi) is 6.57. The quantitative estimate of drug-likeness (QED) is 0.753. The number of hydrogen-bond donors (Lipinski definition) is 0. The summed E-state index contributed by atoms with van der Waals surface area (Å²) in [5.74, 6) is 0.202. The Morgan fingerprint density at radius 1 is 1.05 bits per heavy atom. The van der Waals surface area contributed by atoms with Crippen LogP contribution in [0.15, 0.2) is 30.3 Å². The molecule has 1 rings (SSSR count). The van der Waals surface area contributed by atoms with E-state index < -0.39 is 0 Å². The largest absolute Gasteiger partial charge is 0.313 e. The zero-order chi connectivity index (χ0) is 14.3. The predicted molar refractivity (Wildman–Crippen MR) is 81.5 cm³/mol. The number of benzene rings is 1. The van der Waals surface area contributed by atoms with Gasteiger partial charge in [-0.1, -0.05) is 32.0 Å². The van der Waals surface area contributed by atoms with Crippen LogP contribution in [0.3, 0.4) is 0 Å². The van der Waals surface area contributed by atoms with E-state index in [0.29, 0.717) is 19.0 Å². The van der Waals surface area contributed by atoms with Gasteiger partial charge in [0.1, 0.15) is 0 Å². The molecule has 3 heteroatoms. The van der Waals surface area contributed by atoms with E-state index >= 15 is 0 Å². The van der Waals surface area contributed by atoms with Crippen molar-refractivity contribution in [2.24, 2.45) is 0 Å². The summed E-state index contributed by atoms with van der Waals surface area (Å²) in [5, 5.41) is 0. The molecule has 0 N–H and O–H groups in total. The summed E-state index contributed by atoms with van der Waals surface area (Å²) in [6.07, 6.45) is 0.574. The molecule has 0 radical (unpaired) electrons. The van der Waals surface area contributed by atoms with E-state index in [1.807, 2.05) is 42.2 Å². The number of anilines is 1. The molecule has 0 heterocycles. The Labute approximate surface area is 117 Å². The highest BCUT2D eigenvalue weighted by atomic mass is 16.2. The van der Waals surface area contributed by atoms with Crippen LogP contribution >= 0.6 is 0 Å². The Balaban J connectivity index is 2.70. The van der Waals surface area contributed by atoms with Gasteiger partial charge in [-0.05, 0) is 39.1 Å². The molecule has 1 aromatic rings. The molecule has 3 nitrogen and oxygen atoms in total. The molecule has 0 aliphatic carbocycles. The molecule has 0 aliphatic rings. The maximum Gasteiger partial charge on any atom is 0.228 e. The second kappa shape index (κ2) is 7.95. The molecule has 0 spiro atoms. The van der Waals surface area contributed by atoms with Crippen LogP contribution in [0.5, 0.6) is 0 Å². The van der Waals surface area contributed by atoms with E-state index in [2.05, 4.69) is 25.7 Å². The van der Waals surface area contributed by atoms with Crippen molar-refractivity contribution in [3.8, 4) is 0 Å². The van der Waals surface area contributed by atoms with Crippen molar-refractivity contribution in [2.75, 3.05) is 24.5 Å². The van der Waals surface area contributed by atoms with Gasteiger partial charge in [0.05, 0.1) is 0 Å². The van der Waals surface area contributed by atoms with Crippen molar-refractivity contribution in [2.45, 2.75) is 40.2 Å². The Bertz CT molecular complexity index is 374. The van der Waals surface area contributed by atoms with Crippen LogP contribution in [0.25, 0.3) is 0 Å². The molecule has 0 aliphatic heterocycles. The average Bonchev–Trinajstić information content (AvgIpc) is 2.42. The van der Waals surface area contributed by atoms with Crippen LogP contribution in [-0.4, -0.2) is 36.5 Å². The first-order valence-corrected chi connectivity index (χ1v) is 7.23. The average molecular weight is 262 g/mol. The van der Waals surface area contributed by atoms with Crippen LogP contribution in [0.1, 0.15) is 34.1 Å². The number of hydrogen-bond acceptors (Lipinski definition) is 2. The first-order valence-electron chi connectivity index (χ1n) is 7.23. The molecule has 1 aromatic carbocycles. The standard InChI is InChI=1S/C16H26N2O/c1-5-17(6-2)14(4)13-16(19)18(7-3)15-11-9-8-10-12-15/h8-12,14H,5-7,13H2,1-4H3. The Hall–Kier alpha value is -1.35. The maximum atomic E-state index is 12.4. The lowest BCUT2D eigenvalue weighted by Gasteiger charge is -2.28. The lowest BCUT2D eigenvalue weighted by atomic mass is 10.1. The third-order valence-corrected chi connectivity index (χ3v) is 3.59. The summed E-state index contributed by atoms with van der Waals surface area (Å²) in [5.41, 5.74) is 0.988. The highest BCUT2D eigenvalue weighted by molar-refractivity contribution is 5.93. The number of para-hydroxylation sites is 1. The van der Waals surface area contributed by atoms with E-state index in [1.165, 1.54) is 0 Å². The summed E-state index contributed by atoms with van der Waals surface area (Å²) in [6, 6.07) is 10.2. The van der Waals surface area contributed by atoms with Crippen molar-refractivity contribution in [3.63, 3.8) is 0 Å². The minimum Gasteiger partial charge on any atom is -0.313 e. The van der Waals surface area contributed by atoms with Gasteiger partial charge >= 0.3 is 0 Å². The zero-order valence-electron chi connectivity index (χ0n) is 12.6. The summed E-state index contributed by atoms with van der Waals surface area (Å²) in [4.78, 5) is 16.6. The fraction of sp³-hybridized carbons (Fsp3) is 0.562. The molecule has 1 amide bonds. The van der Waals surface area contributed by atoms with Gasteiger partial charge in [-0.15, -0.1) is 0 Å². The molecule has 106 valence electrons. The maximum absolute atomic E-state index is 12.4. The van der Waals surface area contributed by atoms with Crippen LogP contribution in [0.2, 0.25) is 0 Å². The third-order valence-electron chi connectivity index (χ3n) is 3.59. The van der Waals surface area contributed by atoms with Gasteiger partial charge in [0.25, 0.3) is 0 Å². The molecule has 0 bridgehead atoms. The lowest BCUT2D eigenvalue weighted by molar-refractivity contribution is -0.119. The van der Waals surface area contributed by atoms with Gasteiger partial charge in [-0.3, -0.25) is 4.79 Å². The summed E-state index contributed by atoms with van der Waals surface area (Å²) < 4.78 is 0. The first kappa shape index (κ1) is 15.7. The molecule has 1 atom stereocenters. The highest BCUT2D eigenvalue weighted by Gasteiger charge is 2.19. The fourth-order valence-corrected chi connectivity index (χ4v) is 2.45. The number of amides is 1. The van der Waals surface area contributed by atoms with E-state index in [9.17, 15) is 4.79 Å². The van der Waals surface area contributed by atoms with Crippen LogP contribution in [-0.2, 0) is 4.79 Å². The summed E-state index contributed by atoms with van der Waals surface area (Å²) in [6.45, 7) is 11.1. The second-order valence-corrected chi connectivity index (χ2v) is 4.75. The summed E-state index contributed by atoms with van der Waals surface area (Å²) in [7, 11) is 0. The van der Waals surface area contributed by atoms with Crippen LogP contribution in [0, 0.1) is 0 Å². The number of rotatable bonds is 7. The van der Waals surface area contributed by atoms with Gasteiger partial charge in [-0.25, -0.2) is 0 Å². The lowest BCUT2D eigenvalue weighted by Crippen LogP contribution is -2.39.